The Kier molecular flexibility index (Phi) is 4.22. The Balaban J connectivity index is 1.73. The maximum atomic E-state index is 12.9. The maximum absolute atomic E-state index is 12.9. The predicted molar refractivity (Wildman–Crippen MR) is 102 cm³/mol. The van der Waals surface area contributed by atoms with Crippen molar-refractivity contribution in [1.82, 2.24) is 4.98 Å². The largest absolute Gasteiger partial charge is 0.298 e. The summed E-state index contributed by atoms with van der Waals surface area (Å²) in [4.78, 5) is 28.7. The van der Waals surface area contributed by atoms with E-state index in [-0.39, 0.29) is 21.7 Å². The van der Waals surface area contributed by atoms with Crippen LogP contribution in [0.4, 0.5) is 10.8 Å². The molecule has 0 unspecified atom stereocenters. The molecule has 10 heteroatoms. The third kappa shape index (κ3) is 2.99. The molecule has 0 spiro atoms. The number of carbonyl (C=O) groups is 2. The Labute approximate surface area is 163 Å². The number of halogens is 1. The summed E-state index contributed by atoms with van der Waals surface area (Å²) in [5.41, 5.74) is 0.295. The lowest BCUT2D eigenvalue weighted by Crippen LogP contribution is -2.29. The predicted octanol–water partition coefficient (Wildman–Crippen LogP) is 3.40. The Morgan fingerprint density at radius 2 is 1.89 bits per heavy atom. The van der Waals surface area contributed by atoms with Crippen molar-refractivity contribution in [3.05, 3.63) is 70.2 Å². The van der Waals surface area contributed by atoms with Crippen molar-refractivity contribution >= 4 is 55.6 Å². The van der Waals surface area contributed by atoms with Crippen LogP contribution in [-0.4, -0.2) is 25.2 Å². The number of hydrogen-bond donors (Lipinski definition) is 1. The van der Waals surface area contributed by atoms with Crippen molar-refractivity contribution in [2.45, 2.75) is 4.90 Å². The van der Waals surface area contributed by atoms with Crippen LogP contribution in [0.3, 0.4) is 0 Å². The molecule has 136 valence electrons. The highest BCUT2D eigenvalue weighted by atomic mass is 35.5. The molecule has 3 aromatic rings. The number of anilines is 2. The van der Waals surface area contributed by atoms with Crippen molar-refractivity contribution in [3.63, 3.8) is 0 Å². The van der Waals surface area contributed by atoms with Gasteiger partial charge in [0.2, 0.25) is 0 Å². The van der Waals surface area contributed by atoms with Gasteiger partial charge in [-0.05, 0) is 42.5 Å². The van der Waals surface area contributed by atoms with E-state index in [0.29, 0.717) is 14.5 Å². The summed E-state index contributed by atoms with van der Waals surface area (Å²) in [5.74, 6) is -1.19. The first-order chi connectivity index (χ1) is 12.9. The van der Waals surface area contributed by atoms with Gasteiger partial charge in [0.1, 0.15) is 4.90 Å². The van der Waals surface area contributed by atoms with Gasteiger partial charge in [0, 0.05) is 22.2 Å². The van der Waals surface area contributed by atoms with Crippen LogP contribution in [0.5, 0.6) is 0 Å². The minimum absolute atomic E-state index is 0.00995. The van der Waals surface area contributed by atoms with Gasteiger partial charge in [-0.15, -0.1) is 11.3 Å². The number of nitrogens with one attached hydrogen (secondary N) is 1. The van der Waals surface area contributed by atoms with E-state index in [1.54, 1.807) is 5.38 Å². The number of carbonyl (C=O) groups excluding carboxylic acids is 2. The van der Waals surface area contributed by atoms with E-state index >= 15 is 0 Å². The van der Waals surface area contributed by atoms with Gasteiger partial charge < -0.3 is 0 Å². The fraction of sp³-hybridized carbons (Fsp3) is 0. The number of amides is 2. The third-order valence-electron chi connectivity index (χ3n) is 3.89. The molecule has 1 aliphatic heterocycles. The summed E-state index contributed by atoms with van der Waals surface area (Å²) in [7, 11) is -4.13. The molecule has 4 rings (SSSR count). The zero-order valence-corrected chi connectivity index (χ0v) is 15.8. The van der Waals surface area contributed by atoms with Crippen LogP contribution in [0.15, 0.2) is 58.9 Å². The molecule has 1 aliphatic rings. The van der Waals surface area contributed by atoms with Crippen molar-refractivity contribution < 1.29 is 18.0 Å². The first kappa shape index (κ1) is 17.7. The second-order valence-electron chi connectivity index (χ2n) is 5.55. The van der Waals surface area contributed by atoms with E-state index in [0.717, 1.165) is 0 Å². The van der Waals surface area contributed by atoms with Gasteiger partial charge in [-0.25, -0.2) is 13.4 Å². The lowest BCUT2D eigenvalue weighted by atomic mass is 10.1. The van der Waals surface area contributed by atoms with Crippen LogP contribution in [0.25, 0.3) is 0 Å². The number of sulfonamides is 1. The third-order valence-corrected chi connectivity index (χ3v) is 6.58. The second kappa shape index (κ2) is 6.45. The fourth-order valence-corrected chi connectivity index (χ4v) is 4.93. The van der Waals surface area contributed by atoms with Gasteiger partial charge in [-0.2, -0.15) is 4.31 Å². The molecule has 1 N–H and O–H groups in total. The topological polar surface area (TPSA) is 96.4 Å². The highest BCUT2D eigenvalue weighted by Gasteiger charge is 2.42. The van der Waals surface area contributed by atoms with E-state index in [9.17, 15) is 18.0 Å². The summed E-state index contributed by atoms with van der Waals surface area (Å²) >= 11 is 7.06. The summed E-state index contributed by atoms with van der Waals surface area (Å²) in [6.07, 6.45) is 1.54. The summed E-state index contributed by atoms with van der Waals surface area (Å²) in [6.45, 7) is 0. The van der Waals surface area contributed by atoms with Gasteiger partial charge >= 0.3 is 0 Å². The average Bonchev–Trinajstić information content (AvgIpc) is 3.21. The number of nitrogens with zero attached hydrogens (tertiary/aromatic N) is 2. The molecule has 0 saturated heterocycles. The average molecular weight is 420 g/mol. The Morgan fingerprint density at radius 3 is 2.56 bits per heavy atom. The molecule has 2 amide bonds. The molecule has 0 bridgehead atoms. The second-order valence-corrected chi connectivity index (χ2v) is 8.64. The van der Waals surface area contributed by atoms with Crippen LogP contribution in [0, 0.1) is 0 Å². The normalized spacial score (nSPS) is 14.9. The number of benzene rings is 2. The zero-order valence-electron chi connectivity index (χ0n) is 13.4. The van der Waals surface area contributed by atoms with Crippen LogP contribution in [0.2, 0.25) is 5.02 Å². The minimum atomic E-state index is -4.13. The maximum Gasteiger partial charge on any atom is 0.273 e. The molecule has 2 heterocycles. The SMILES string of the molecule is O=C(Nc1nccs1)c1ccc2c(c1)S(=O)(=O)N(c1ccc(Cl)cc1)C2=O. The Hall–Kier alpha value is -2.75. The van der Waals surface area contributed by atoms with Crippen molar-refractivity contribution in [3.8, 4) is 0 Å². The van der Waals surface area contributed by atoms with Crippen LogP contribution in [-0.2, 0) is 10.0 Å². The molecular weight excluding hydrogens is 410 g/mol. The number of thiazole rings is 1. The summed E-state index contributed by atoms with van der Waals surface area (Å²) < 4.78 is 26.5. The number of hydrogen-bond acceptors (Lipinski definition) is 6. The quantitative estimate of drug-likeness (QED) is 0.701. The molecular formula is C17H10ClN3O4S2. The number of aromatic nitrogens is 1. The molecule has 27 heavy (non-hydrogen) atoms. The number of fused-ring (bicyclic) bond motifs is 1. The Bertz CT molecular complexity index is 1160. The lowest BCUT2D eigenvalue weighted by molar-refractivity contribution is 0.100. The minimum Gasteiger partial charge on any atom is -0.298 e. The molecule has 0 saturated carbocycles. The van der Waals surface area contributed by atoms with Gasteiger partial charge in [-0.1, -0.05) is 11.6 Å². The molecule has 0 fully saturated rings. The van der Waals surface area contributed by atoms with Crippen molar-refractivity contribution in [2.75, 3.05) is 9.62 Å². The summed E-state index contributed by atoms with van der Waals surface area (Å²) in [6, 6.07) is 9.81. The van der Waals surface area contributed by atoms with E-state index in [1.165, 1.54) is 60.0 Å². The van der Waals surface area contributed by atoms with Crippen LogP contribution < -0.4 is 9.62 Å². The van der Waals surface area contributed by atoms with E-state index in [1.807, 2.05) is 0 Å². The molecule has 1 aromatic heterocycles. The molecule has 0 radical (unpaired) electrons. The van der Waals surface area contributed by atoms with Gasteiger partial charge in [-0.3, -0.25) is 14.9 Å². The molecule has 0 aliphatic carbocycles. The van der Waals surface area contributed by atoms with Crippen LogP contribution >= 0.6 is 22.9 Å². The standard InChI is InChI=1S/C17H10ClN3O4S2/c18-11-2-4-12(5-3-11)21-16(23)13-6-1-10(9-14(13)27(21,24)25)15(22)20-17-19-7-8-26-17/h1-9H,(H,19,20,22). The summed E-state index contributed by atoms with van der Waals surface area (Å²) in [5, 5.41) is 5.09. The van der Waals surface area contributed by atoms with Crippen LogP contribution in [0.1, 0.15) is 20.7 Å². The highest BCUT2D eigenvalue weighted by Crippen LogP contribution is 2.35. The smallest absolute Gasteiger partial charge is 0.273 e. The van der Waals surface area contributed by atoms with Crippen molar-refractivity contribution in [2.24, 2.45) is 0 Å². The lowest BCUT2D eigenvalue weighted by Gasteiger charge is -2.14. The first-order valence-corrected chi connectivity index (χ1v) is 10.3. The fourth-order valence-electron chi connectivity index (χ4n) is 2.66. The zero-order chi connectivity index (χ0) is 19.2. The first-order valence-electron chi connectivity index (χ1n) is 7.58. The number of rotatable bonds is 3. The molecule has 0 atom stereocenters. The van der Waals surface area contributed by atoms with E-state index in [4.69, 9.17) is 11.6 Å². The van der Waals surface area contributed by atoms with Crippen molar-refractivity contribution in [1.29, 1.82) is 0 Å². The van der Waals surface area contributed by atoms with E-state index < -0.39 is 21.8 Å². The van der Waals surface area contributed by atoms with E-state index in [2.05, 4.69) is 10.3 Å². The van der Waals surface area contributed by atoms with Gasteiger partial charge in [0.15, 0.2) is 5.13 Å². The van der Waals surface area contributed by atoms with Gasteiger partial charge in [0.25, 0.3) is 21.8 Å². The molecule has 2 aromatic carbocycles. The highest BCUT2D eigenvalue weighted by molar-refractivity contribution is 7.94. The Morgan fingerprint density at radius 1 is 1.15 bits per heavy atom. The van der Waals surface area contributed by atoms with Gasteiger partial charge in [0.05, 0.1) is 11.3 Å². The monoisotopic (exact) mass is 419 g/mol. The molecule has 7 nitrogen and oxygen atoms in total.